The summed E-state index contributed by atoms with van der Waals surface area (Å²) in [5, 5.41) is 14.1. The number of carbonyl (C=O) groups excluding carboxylic acids is 1. The van der Waals surface area contributed by atoms with Crippen LogP contribution >= 0.6 is 22.9 Å². The first kappa shape index (κ1) is 30.1. The van der Waals surface area contributed by atoms with E-state index in [9.17, 15) is 14.7 Å². The molecule has 0 radical (unpaired) electrons. The van der Waals surface area contributed by atoms with Crippen LogP contribution in [-0.4, -0.2) is 77.9 Å². The standard InChI is InChI=1S/C28H39ClN4O4S/c1-4-32(5-2)20(3)33(25(35)13-18-37-17-12-21-7-6-8-23(29)19-21)16-15-30-14-11-22-9-10-24(34)26-27(22)38-28(36)31-26/h6-10,19-20,30,34H,4-5,11-18H2,1-3H3,(H,31,36). The number of ether oxygens (including phenoxy) is 1. The fourth-order valence-electron chi connectivity index (χ4n) is 4.57. The van der Waals surface area contributed by atoms with E-state index in [0.29, 0.717) is 56.2 Å². The molecule has 0 fully saturated rings. The first-order valence-corrected chi connectivity index (χ1v) is 14.4. The van der Waals surface area contributed by atoms with Crippen LogP contribution in [0.2, 0.25) is 5.02 Å². The number of aromatic nitrogens is 1. The van der Waals surface area contributed by atoms with Gasteiger partial charge in [0.25, 0.3) is 0 Å². The molecule has 2 aromatic carbocycles. The maximum atomic E-state index is 13.2. The van der Waals surface area contributed by atoms with Crippen LogP contribution in [0.5, 0.6) is 5.75 Å². The van der Waals surface area contributed by atoms with Crippen LogP contribution < -0.4 is 10.2 Å². The monoisotopic (exact) mass is 562 g/mol. The predicted octanol–water partition coefficient (Wildman–Crippen LogP) is 4.25. The lowest BCUT2D eigenvalue weighted by atomic mass is 10.1. The second-order valence-electron chi connectivity index (χ2n) is 9.14. The van der Waals surface area contributed by atoms with E-state index in [-0.39, 0.29) is 22.7 Å². The molecule has 3 rings (SSSR count). The number of nitrogens with zero attached hydrogens (tertiary/aromatic N) is 2. The second-order valence-corrected chi connectivity index (χ2v) is 10.6. The Bertz CT molecular complexity index is 1230. The second kappa shape index (κ2) is 15.2. The van der Waals surface area contributed by atoms with Gasteiger partial charge in [0.05, 0.1) is 30.5 Å². The van der Waals surface area contributed by atoms with Gasteiger partial charge in [-0.3, -0.25) is 14.5 Å². The third kappa shape index (κ3) is 8.54. The van der Waals surface area contributed by atoms with Gasteiger partial charge in [0, 0.05) is 18.1 Å². The Morgan fingerprint density at radius 2 is 1.95 bits per heavy atom. The lowest BCUT2D eigenvalue weighted by Gasteiger charge is -2.37. The normalized spacial score (nSPS) is 12.3. The van der Waals surface area contributed by atoms with Crippen molar-refractivity contribution in [2.45, 2.75) is 46.2 Å². The van der Waals surface area contributed by atoms with E-state index in [1.807, 2.05) is 35.2 Å². The topological polar surface area (TPSA) is 97.9 Å². The van der Waals surface area contributed by atoms with Gasteiger partial charge >= 0.3 is 4.87 Å². The average Bonchev–Trinajstić information content (AvgIpc) is 3.30. The molecule has 10 heteroatoms. The van der Waals surface area contributed by atoms with Crippen molar-refractivity contribution in [1.29, 1.82) is 0 Å². The lowest BCUT2D eigenvalue weighted by Crippen LogP contribution is -2.51. The fraction of sp³-hybridized carbons (Fsp3) is 0.500. The number of hydrogen-bond acceptors (Lipinski definition) is 7. The van der Waals surface area contributed by atoms with Crippen molar-refractivity contribution in [2.24, 2.45) is 0 Å². The highest BCUT2D eigenvalue weighted by Crippen LogP contribution is 2.27. The molecule has 0 spiro atoms. The number of carbonyl (C=O) groups is 1. The molecule has 1 heterocycles. The van der Waals surface area contributed by atoms with Crippen LogP contribution in [0.15, 0.2) is 41.2 Å². The first-order valence-electron chi connectivity index (χ1n) is 13.2. The number of amides is 1. The number of halogens is 1. The number of rotatable bonds is 16. The van der Waals surface area contributed by atoms with Gasteiger partial charge in [0.2, 0.25) is 5.91 Å². The van der Waals surface area contributed by atoms with Crippen molar-refractivity contribution in [3.05, 3.63) is 62.2 Å². The number of thiazole rings is 1. The Hall–Kier alpha value is -2.43. The lowest BCUT2D eigenvalue weighted by molar-refractivity contribution is -0.138. The quantitative estimate of drug-likeness (QED) is 0.178. The van der Waals surface area contributed by atoms with Gasteiger partial charge in [-0.1, -0.05) is 55.0 Å². The van der Waals surface area contributed by atoms with Crippen molar-refractivity contribution in [3.8, 4) is 5.75 Å². The molecular weight excluding hydrogens is 524 g/mol. The zero-order valence-electron chi connectivity index (χ0n) is 22.5. The van der Waals surface area contributed by atoms with Crippen LogP contribution in [-0.2, 0) is 22.4 Å². The molecule has 0 aliphatic heterocycles. The molecule has 0 aliphatic carbocycles. The van der Waals surface area contributed by atoms with Crippen molar-refractivity contribution < 1.29 is 14.6 Å². The first-order chi connectivity index (χ1) is 18.3. The Morgan fingerprint density at radius 3 is 2.68 bits per heavy atom. The summed E-state index contributed by atoms with van der Waals surface area (Å²) in [6.07, 6.45) is 1.79. The average molecular weight is 563 g/mol. The summed E-state index contributed by atoms with van der Waals surface area (Å²) < 4.78 is 6.56. The number of nitrogens with one attached hydrogen (secondary N) is 2. The minimum atomic E-state index is -0.177. The summed E-state index contributed by atoms with van der Waals surface area (Å²) in [4.78, 5) is 31.6. The highest BCUT2D eigenvalue weighted by molar-refractivity contribution is 7.16. The number of hydrogen-bond donors (Lipinski definition) is 3. The van der Waals surface area contributed by atoms with Gasteiger partial charge < -0.3 is 25.0 Å². The van der Waals surface area contributed by atoms with Crippen LogP contribution in [0.25, 0.3) is 10.2 Å². The van der Waals surface area contributed by atoms with Crippen molar-refractivity contribution in [3.63, 3.8) is 0 Å². The summed E-state index contributed by atoms with van der Waals surface area (Å²) in [6, 6.07) is 11.2. The number of aromatic hydroxyl groups is 1. The molecule has 1 unspecified atom stereocenters. The SMILES string of the molecule is CCN(CC)C(C)N(CCNCCc1ccc(O)c2[nH]c(=O)sc12)C(=O)CCOCCc1cccc(Cl)c1. The van der Waals surface area contributed by atoms with Gasteiger partial charge in [-0.05, 0) is 68.7 Å². The minimum absolute atomic E-state index is 0.0142. The van der Waals surface area contributed by atoms with Crippen molar-refractivity contribution in [2.75, 3.05) is 45.9 Å². The molecule has 3 N–H and O–H groups in total. The largest absolute Gasteiger partial charge is 0.506 e. The number of phenolic OH excluding ortho intramolecular Hbond substituents is 1. The fourth-order valence-corrected chi connectivity index (χ4v) is 5.68. The van der Waals surface area contributed by atoms with E-state index in [4.69, 9.17) is 16.3 Å². The van der Waals surface area contributed by atoms with E-state index in [1.165, 1.54) is 0 Å². The van der Waals surface area contributed by atoms with E-state index >= 15 is 0 Å². The van der Waals surface area contributed by atoms with Crippen molar-refractivity contribution in [1.82, 2.24) is 20.1 Å². The van der Waals surface area contributed by atoms with E-state index < -0.39 is 0 Å². The highest BCUT2D eigenvalue weighted by Gasteiger charge is 2.23. The molecular formula is C28H39ClN4O4S. The molecule has 1 amide bonds. The summed E-state index contributed by atoms with van der Waals surface area (Å²) in [6.45, 7) is 10.9. The molecule has 1 aromatic heterocycles. The zero-order valence-corrected chi connectivity index (χ0v) is 24.0. The number of benzene rings is 2. The molecule has 0 aliphatic rings. The van der Waals surface area contributed by atoms with Gasteiger partial charge in [0.15, 0.2) is 0 Å². The molecule has 3 aromatic rings. The van der Waals surface area contributed by atoms with Gasteiger partial charge in [-0.2, -0.15) is 0 Å². The smallest absolute Gasteiger partial charge is 0.305 e. The Morgan fingerprint density at radius 1 is 1.16 bits per heavy atom. The maximum Gasteiger partial charge on any atom is 0.305 e. The van der Waals surface area contributed by atoms with Crippen LogP contribution in [0.3, 0.4) is 0 Å². The molecule has 1 atom stereocenters. The number of fused-ring (bicyclic) bond motifs is 1. The maximum absolute atomic E-state index is 13.2. The summed E-state index contributed by atoms with van der Waals surface area (Å²) in [7, 11) is 0. The molecule has 0 bridgehead atoms. The molecule has 8 nitrogen and oxygen atoms in total. The predicted molar refractivity (Wildman–Crippen MR) is 155 cm³/mol. The molecule has 0 saturated heterocycles. The zero-order chi connectivity index (χ0) is 27.5. The van der Waals surface area contributed by atoms with Crippen LogP contribution in [0.4, 0.5) is 0 Å². The summed E-state index contributed by atoms with van der Waals surface area (Å²) in [5.74, 6) is 0.161. The third-order valence-corrected chi connectivity index (χ3v) is 7.93. The summed E-state index contributed by atoms with van der Waals surface area (Å²) in [5.41, 5.74) is 2.62. The molecule has 38 heavy (non-hydrogen) atoms. The Kier molecular flexibility index (Phi) is 12.1. The van der Waals surface area contributed by atoms with E-state index in [2.05, 4.69) is 36.0 Å². The summed E-state index contributed by atoms with van der Waals surface area (Å²) >= 11 is 7.15. The Balaban J connectivity index is 1.48. The molecule has 0 saturated carbocycles. The van der Waals surface area contributed by atoms with Gasteiger partial charge in [-0.25, -0.2) is 0 Å². The van der Waals surface area contributed by atoms with E-state index in [1.54, 1.807) is 6.07 Å². The molecule has 208 valence electrons. The minimum Gasteiger partial charge on any atom is -0.506 e. The number of phenols is 1. The Labute approximate surface area is 233 Å². The van der Waals surface area contributed by atoms with E-state index in [0.717, 1.165) is 46.7 Å². The number of H-pyrrole nitrogens is 1. The van der Waals surface area contributed by atoms with Gasteiger partial charge in [-0.15, -0.1) is 0 Å². The highest BCUT2D eigenvalue weighted by atomic mass is 35.5. The van der Waals surface area contributed by atoms with Crippen LogP contribution in [0, 0.1) is 0 Å². The van der Waals surface area contributed by atoms with Gasteiger partial charge in [0.1, 0.15) is 11.3 Å². The van der Waals surface area contributed by atoms with Crippen LogP contribution in [0.1, 0.15) is 38.3 Å². The third-order valence-electron chi connectivity index (χ3n) is 6.74. The number of aromatic amines is 1. The van der Waals surface area contributed by atoms with Crippen molar-refractivity contribution >= 4 is 39.1 Å².